The summed E-state index contributed by atoms with van der Waals surface area (Å²) in [4.78, 5) is 11.5. The van der Waals surface area contributed by atoms with Gasteiger partial charge in [-0.3, -0.25) is 10.2 Å². The lowest BCUT2D eigenvalue weighted by atomic mass is 10.1. The molecular formula is C17H20FN3OS. The van der Waals surface area contributed by atoms with Crippen LogP contribution >= 0.6 is 10.7 Å². The number of nitrogens with one attached hydrogen (secondary N) is 1. The highest BCUT2D eigenvalue weighted by molar-refractivity contribution is 8.15. The summed E-state index contributed by atoms with van der Waals surface area (Å²) >= 11 is 0. The van der Waals surface area contributed by atoms with Gasteiger partial charge in [-0.15, -0.1) is 10.7 Å². The fourth-order valence-electron chi connectivity index (χ4n) is 2.14. The normalized spacial score (nSPS) is 11.8. The van der Waals surface area contributed by atoms with E-state index < -0.39 is 11.7 Å². The summed E-state index contributed by atoms with van der Waals surface area (Å²) in [6, 6.07) is 14.2. The van der Waals surface area contributed by atoms with Crippen LogP contribution in [0.25, 0.3) is 0 Å². The van der Waals surface area contributed by atoms with E-state index in [4.69, 9.17) is 5.84 Å². The number of amides is 1. The molecule has 2 rings (SSSR count). The van der Waals surface area contributed by atoms with Crippen molar-refractivity contribution < 1.29 is 9.18 Å². The SMILES string of the molecule is C=S(CC)N(Cc1ccc(C(=O)NN)cc1F)c1ccccc1. The second-order valence-corrected chi connectivity index (χ2v) is 6.85. The van der Waals surface area contributed by atoms with E-state index in [0.29, 0.717) is 12.1 Å². The predicted octanol–water partition coefficient (Wildman–Crippen LogP) is 3.07. The maximum atomic E-state index is 14.3. The van der Waals surface area contributed by atoms with Gasteiger partial charge in [-0.25, -0.2) is 10.2 Å². The van der Waals surface area contributed by atoms with Crippen molar-refractivity contribution in [1.82, 2.24) is 5.43 Å². The topological polar surface area (TPSA) is 58.4 Å². The lowest BCUT2D eigenvalue weighted by Crippen LogP contribution is -2.30. The zero-order valence-electron chi connectivity index (χ0n) is 13.0. The molecule has 6 heteroatoms. The van der Waals surface area contributed by atoms with Crippen LogP contribution in [0.4, 0.5) is 10.1 Å². The Morgan fingerprint density at radius 1 is 1.30 bits per heavy atom. The highest BCUT2D eigenvalue weighted by atomic mass is 32.2. The first-order valence-corrected chi connectivity index (χ1v) is 8.71. The molecule has 0 fully saturated rings. The Kier molecular flexibility index (Phi) is 5.90. The zero-order valence-corrected chi connectivity index (χ0v) is 13.8. The Labute approximate surface area is 138 Å². The van der Waals surface area contributed by atoms with E-state index in [2.05, 4.69) is 17.1 Å². The number of nitrogens with two attached hydrogens (primary N) is 1. The lowest BCUT2D eigenvalue weighted by Gasteiger charge is -2.27. The molecule has 3 N–H and O–H groups in total. The number of hydrogen-bond acceptors (Lipinski definition) is 3. The average Bonchev–Trinajstić information content (AvgIpc) is 2.60. The second kappa shape index (κ2) is 7.89. The number of hydrogen-bond donors (Lipinski definition) is 2. The molecule has 0 bridgehead atoms. The molecule has 2 aromatic rings. The quantitative estimate of drug-likeness (QED) is 0.370. The Bertz CT molecular complexity index is 706. The fourth-order valence-corrected chi connectivity index (χ4v) is 3.19. The Balaban J connectivity index is 2.30. The van der Waals surface area contributed by atoms with Crippen LogP contribution in [-0.2, 0) is 6.54 Å². The minimum absolute atomic E-state index is 0.198. The van der Waals surface area contributed by atoms with Crippen LogP contribution in [0.15, 0.2) is 48.5 Å². The number of carbonyl (C=O) groups excluding carboxylic acids is 1. The van der Waals surface area contributed by atoms with Crippen molar-refractivity contribution in [1.29, 1.82) is 0 Å². The molecule has 4 nitrogen and oxygen atoms in total. The monoisotopic (exact) mass is 333 g/mol. The molecule has 0 aliphatic heterocycles. The first-order valence-electron chi connectivity index (χ1n) is 7.19. The zero-order chi connectivity index (χ0) is 16.8. The number of anilines is 1. The second-order valence-electron chi connectivity index (χ2n) is 4.90. The van der Waals surface area contributed by atoms with E-state index >= 15 is 0 Å². The van der Waals surface area contributed by atoms with Crippen molar-refractivity contribution in [3.63, 3.8) is 0 Å². The largest absolute Gasteiger partial charge is 0.318 e. The van der Waals surface area contributed by atoms with E-state index in [-0.39, 0.29) is 16.2 Å². The molecule has 0 spiro atoms. The molecule has 0 aliphatic carbocycles. The van der Waals surface area contributed by atoms with Crippen LogP contribution in [0, 0.1) is 5.82 Å². The highest BCUT2D eigenvalue weighted by Gasteiger charge is 2.14. The van der Waals surface area contributed by atoms with Crippen LogP contribution in [-0.4, -0.2) is 17.5 Å². The summed E-state index contributed by atoms with van der Waals surface area (Å²) in [7, 11) is -0.273. The van der Waals surface area contributed by atoms with E-state index in [1.165, 1.54) is 6.07 Å². The number of nitrogen functional groups attached to an aromatic ring is 1. The third-order valence-electron chi connectivity index (χ3n) is 3.45. The minimum Gasteiger partial charge on any atom is -0.318 e. The smallest absolute Gasteiger partial charge is 0.265 e. The van der Waals surface area contributed by atoms with Gasteiger partial charge in [0, 0.05) is 22.6 Å². The van der Waals surface area contributed by atoms with Crippen molar-refractivity contribution in [2.45, 2.75) is 13.5 Å². The van der Waals surface area contributed by atoms with Crippen molar-refractivity contribution in [3.05, 3.63) is 65.5 Å². The van der Waals surface area contributed by atoms with Gasteiger partial charge in [-0.2, -0.15) is 0 Å². The summed E-state index contributed by atoms with van der Waals surface area (Å²) in [5.74, 6) is 9.16. The van der Waals surface area contributed by atoms with E-state index in [1.54, 1.807) is 12.1 Å². The molecule has 0 saturated carbocycles. The Morgan fingerprint density at radius 2 is 2.00 bits per heavy atom. The first-order chi connectivity index (χ1) is 11.1. The number of para-hydroxylation sites is 1. The number of hydrazine groups is 1. The Morgan fingerprint density at radius 3 is 2.57 bits per heavy atom. The standard InChI is InChI=1S/C17H20FN3OS/c1-3-23(2)21(15-7-5-4-6-8-15)12-14-10-9-13(11-16(14)18)17(22)20-19/h4-11H,2-3,12,19H2,1H3,(H,20,22). The molecular weight excluding hydrogens is 313 g/mol. The van der Waals surface area contributed by atoms with Crippen molar-refractivity contribution in [2.24, 2.45) is 5.84 Å². The average molecular weight is 333 g/mol. The number of carbonyl (C=O) groups is 1. The van der Waals surface area contributed by atoms with Crippen LogP contribution in [0.2, 0.25) is 0 Å². The van der Waals surface area contributed by atoms with Crippen molar-refractivity contribution in [2.75, 3.05) is 10.1 Å². The van der Waals surface area contributed by atoms with E-state index in [9.17, 15) is 9.18 Å². The number of benzene rings is 2. The van der Waals surface area contributed by atoms with Gasteiger partial charge in [0.15, 0.2) is 0 Å². The van der Waals surface area contributed by atoms with Gasteiger partial charge in [0.1, 0.15) is 5.82 Å². The number of rotatable bonds is 6. The molecule has 0 heterocycles. The molecule has 23 heavy (non-hydrogen) atoms. The minimum atomic E-state index is -0.513. The first kappa shape index (κ1) is 17.2. The Hall–Kier alpha value is -2.18. The van der Waals surface area contributed by atoms with Crippen molar-refractivity contribution in [3.8, 4) is 0 Å². The molecule has 0 aliphatic rings. The number of halogens is 1. The third kappa shape index (κ3) is 4.18. The highest BCUT2D eigenvalue weighted by Crippen LogP contribution is 2.29. The molecule has 1 unspecified atom stereocenters. The van der Waals surface area contributed by atoms with Gasteiger partial charge in [0.05, 0.1) is 6.54 Å². The van der Waals surface area contributed by atoms with Crippen molar-refractivity contribution >= 4 is 28.1 Å². The third-order valence-corrected chi connectivity index (χ3v) is 5.08. The van der Waals surface area contributed by atoms with Gasteiger partial charge in [-0.05, 0) is 24.3 Å². The molecule has 1 atom stereocenters. The van der Waals surface area contributed by atoms with Crippen LogP contribution in [0.3, 0.4) is 0 Å². The van der Waals surface area contributed by atoms with E-state index in [0.717, 1.165) is 11.4 Å². The molecule has 122 valence electrons. The number of nitrogens with zero attached hydrogens (tertiary/aromatic N) is 1. The summed E-state index contributed by atoms with van der Waals surface area (Å²) in [6.07, 6.45) is 0. The summed E-state index contributed by atoms with van der Waals surface area (Å²) < 4.78 is 16.4. The summed E-state index contributed by atoms with van der Waals surface area (Å²) in [5.41, 5.74) is 3.70. The molecule has 2 aromatic carbocycles. The maximum Gasteiger partial charge on any atom is 0.265 e. The van der Waals surface area contributed by atoms with Gasteiger partial charge >= 0.3 is 0 Å². The molecule has 0 radical (unpaired) electrons. The lowest BCUT2D eigenvalue weighted by molar-refractivity contribution is 0.0953. The van der Waals surface area contributed by atoms with Crippen LogP contribution in [0.1, 0.15) is 22.8 Å². The van der Waals surface area contributed by atoms with Gasteiger partial charge < -0.3 is 4.31 Å². The van der Waals surface area contributed by atoms with Gasteiger partial charge in [0.2, 0.25) is 0 Å². The van der Waals surface area contributed by atoms with Crippen LogP contribution in [0.5, 0.6) is 0 Å². The maximum absolute atomic E-state index is 14.3. The molecule has 0 saturated heterocycles. The van der Waals surface area contributed by atoms with Crippen LogP contribution < -0.4 is 15.6 Å². The van der Waals surface area contributed by atoms with Gasteiger partial charge in [-0.1, -0.05) is 37.1 Å². The van der Waals surface area contributed by atoms with E-state index in [1.807, 2.05) is 35.8 Å². The molecule has 0 aromatic heterocycles. The predicted molar refractivity (Wildman–Crippen MR) is 95.9 cm³/mol. The molecule has 1 amide bonds. The van der Waals surface area contributed by atoms with Gasteiger partial charge in [0.25, 0.3) is 5.91 Å². The summed E-state index contributed by atoms with van der Waals surface area (Å²) in [6.45, 7) is 2.44. The fraction of sp³-hybridized carbons (Fsp3) is 0.176. The summed E-state index contributed by atoms with van der Waals surface area (Å²) in [5, 5.41) is 0.